The number of hydrogen-bond acceptors (Lipinski definition) is 10. The number of carboxylic acids is 1. The third-order valence-electron chi connectivity index (χ3n) is 4.45. The van der Waals surface area contributed by atoms with Crippen LogP contribution in [-0.4, -0.2) is 82.5 Å². The van der Waals surface area contributed by atoms with Gasteiger partial charge < -0.3 is 45.3 Å². The Kier molecular flexibility index (Phi) is 8.55. The van der Waals surface area contributed by atoms with Gasteiger partial charge in [0.1, 0.15) is 30.7 Å². The molecule has 1 amide bonds. The molecule has 12 nitrogen and oxygen atoms in total. The average Bonchev–Trinajstić information content (AvgIpc) is 2.73. The fraction of sp³-hybridized carbons (Fsp3) is 0.526. The third kappa shape index (κ3) is 6.60. The quantitative estimate of drug-likeness (QED) is 0.184. The Morgan fingerprint density at radius 3 is 2.65 bits per heavy atom. The molecule has 5 atom stereocenters. The Morgan fingerprint density at radius 2 is 2.00 bits per heavy atom. The zero-order valence-electron chi connectivity index (χ0n) is 17.7. The van der Waals surface area contributed by atoms with Gasteiger partial charge in [0.2, 0.25) is 12.2 Å². The Balaban J connectivity index is 2.24. The van der Waals surface area contributed by atoms with Gasteiger partial charge in [-0.3, -0.25) is 9.59 Å². The Morgan fingerprint density at radius 1 is 1.26 bits per heavy atom. The standard InChI is InChI=1S/C19H26N2O10/c1-2-20-6-5-13(23)21-11-7-10(8-29-9-22)3-4-12(11)30-19-16(26)14(24)15(25)17(31-19)18(27)28/h3-4,7,9,14-17,19-20,24-26H,2,5-6,8H2,1H3,(H,21,23)(H,27,28)/i9D. The van der Waals surface area contributed by atoms with E-state index in [2.05, 4.69) is 15.4 Å². The molecule has 5 unspecified atom stereocenters. The molecular weight excluding hydrogens is 416 g/mol. The Hall–Kier alpha value is -2.77. The number of benzene rings is 1. The molecule has 1 aromatic carbocycles. The lowest BCUT2D eigenvalue weighted by Gasteiger charge is -2.38. The van der Waals surface area contributed by atoms with Gasteiger partial charge in [-0.15, -0.1) is 0 Å². The lowest BCUT2D eigenvalue weighted by Crippen LogP contribution is -2.61. The zero-order valence-corrected chi connectivity index (χ0v) is 16.7. The summed E-state index contributed by atoms with van der Waals surface area (Å²) in [5.41, 5.74) is 0.497. The highest BCUT2D eigenvalue weighted by molar-refractivity contribution is 5.92. The number of rotatable bonds is 10. The molecule has 1 aliphatic heterocycles. The van der Waals surface area contributed by atoms with Gasteiger partial charge in [-0.1, -0.05) is 13.0 Å². The average molecular weight is 443 g/mol. The molecule has 172 valence electrons. The van der Waals surface area contributed by atoms with Gasteiger partial charge in [-0.2, -0.15) is 0 Å². The number of aliphatic hydroxyl groups excluding tert-OH is 3. The maximum absolute atomic E-state index is 12.3. The number of aliphatic carboxylic acids is 1. The molecule has 12 heteroatoms. The molecule has 0 aliphatic carbocycles. The molecule has 2 rings (SSSR count). The van der Waals surface area contributed by atoms with Crippen LogP contribution in [0.5, 0.6) is 5.75 Å². The number of carbonyl (C=O) groups excluding carboxylic acids is 2. The third-order valence-corrected chi connectivity index (χ3v) is 4.45. The van der Waals surface area contributed by atoms with Crippen molar-refractivity contribution in [2.24, 2.45) is 0 Å². The van der Waals surface area contributed by atoms with Gasteiger partial charge in [-0.25, -0.2) is 4.79 Å². The van der Waals surface area contributed by atoms with Crippen LogP contribution in [0.4, 0.5) is 5.69 Å². The van der Waals surface area contributed by atoms with E-state index in [4.69, 9.17) is 16.0 Å². The summed E-state index contributed by atoms with van der Waals surface area (Å²) in [4.78, 5) is 34.3. The predicted octanol–water partition coefficient (Wildman–Crippen LogP) is -1.43. The van der Waals surface area contributed by atoms with Crippen molar-refractivity contribution in [2.75, 3.05) is 18.4 Å². The van der Waals surface area contributed by atoms with E-state index in [1.807, 2.05) is 6.92 Å². The zero-order chi connectivity index (χ0) is 23.8. The minimum absolute atomic E-state index is 0.0421. The second-order valence-corrected chi connectivity index (χ2v) is 6.71. The topological polar surface area (TPSA) is 184 Å². The number of anilines is 1. The number of ether oxygens (including phenoxy) is 3. The highest BCUT2D eigenvalue weighted by atomic mass is 16.7. The summed E-state index contributed by atoms with van der Waals surface area (Å²) in [6.45, 7) is 2.71. The molecule has 1 aliphatic rings. The van der Waals surface area contributed by atoms with Crippen LogP contribution in [0.25, 0.3) is 0 Å². The number of carboxylic acid groups (broad SMARTS) is 1. The van der Waals surface area contributed by atoms with Crippen molar-refractivity contribution in [3.63, 3.8) is 0 Å². The van der Waals surface area contributed by atoms with E-state index in [9.17, 15) is 29.7 Å². The summed E-state index contributed by atoms with van der Waals surface area (Å²) >= 11 is 0. The van der Waals surface area contributed by atoms with Crippen LogP contribution in [0.2, 0.25) is 0 Å². The molecule has 31 heavy (non-hydrogen) atoms. The van der Waals surface area contributed by atoms with Gasteiger partial charge in [0.25, 0.3) is 6.45 Å². The van der Waals surface area contributed by atoms with Gasteiger partial charge >= 0.3 is 5.97 Å². The first-order chi connectivity index (χ1) is 15.1. The largest absolute Gasteiger partial charge is 0.479 e. The normalized spacial score (nSPS) is 25.9. The fourth-order valence-corrected chi connectivity index (χ4v) is 2.85. The monoisotopic (exact) mass is 443 g/mol. The number of carbonyl (C=O) groups is 3. The van der Waals surface area contributed by atoms with Gasteiger partial charge in [-0.05, 0) is 24.2 Å². The molecule has 1 heterocycles. The maximum atomic E-state index is 12.3. The highest BCUT2D eigenvalue weighted by Gasteiger charge is 2.48. The summed E-state index contributed by atoms with van der Waals surface area (Å²) in [7, 11) is 0. The van der Waals surface area contributed by atoms with Gasteiger partial charge in [0.15, 0.2) is 7.47 Å². The van der Waals surface area contributed by atoms with Crippen molar-refractivity contribution in [2.45, 2.75) is 50.7 Å². The van der Waals surface area contributed by atoms with Crippen LogP contribution in [0.1, 0.15) is 20.3 Å². The van der Waals surface area contributed by atoms with E-state index in [0.29, 0.717) is 18.7 Å². The number of hydrogen-bond donors (Lipinski definition) is 6. The summed E-state index contributed by atoms with van der Waals surface area (Å²) in [5, 5.41) is 44.6. The second-order valence-electron chi connectivity index (χ2n) is 6.71. The lowest BCUT2D eigenvalue weighted by molar-refractivity contribution is -0.271. The van der Waals surface area contributed by atoms with Gasteiger partial charge in [0.05, 0.1) is 5.69 Å². The van der Waals surface area contributed by atoms with Crippen LogP contribution >= 0.6 is 0 Å². The number of aliphatic hydroxyl groups is 3. The maximum Gasteiger partial charge on any atom is 0.335 e. The molecule has 0 aromatic heterocycles. The Labute approximate surface area is 179 Å². The molecule has 0 spiro atoms. The lowest BCUT2D eigenvalue weighted by atomic mass is 9.99. The van der Waals surface area contributed by atoms with Crippen LogP contribution in [0.15, 0.2) is 18.2 Å². The summed E-state index contributed by atoms with van der Waals surface area (Å²) in [6, 6.07) is 4.19. The minimum Gasteiger partial charge on any atom is -0.479 e. The van der Waals surface area contributed by atoms with E-state index in [1.165, 1.54) is 18.2 Å². The first kappa shape index (κ1) is 22.9. The molecule has 6 N–H and O–H groups in total. The molecule has 0 saturated carbocycles. The van der Waals surface area contributed by atoms with E-state index < -0.39 is 49.0 Å². The molecular formula is C19H26N2O10. The predicted molar refractivity (Wildman–Crippen MR) is 104 cm³/mol. The number of amides is 1. The van der Waals surface area contributed by atoms with Crippen molar-refractivity contribution in [1.29, 1.82) is 0 Å². The van der Waals surface area contributed by atoms with Crippen LogP contribution in [0.3, 0.4) is 0 Å². The molecule has 0 radical (unpaired) electrons. The van der Waals surface area contributed by atoms with Crippen LogP contribution < -0.4 is 15.4 Å². The summed E-state index contributed by atoms with van der Waals surface area (Å²) in [5.74, 6) is -2.00. The smallest absolute Gasteiger partial charge is 0.335 e. The second kappa shape index (κ2) is 11.6. The first-order valence-corrected chi connectivity index (χ1v) is 9.50. The van der Waals surface area contributed by atoms with E-state index in [-0.39, 0.29) is 24.5 Å². The fourth-order valence-electron chi connectivity index (χ4n) is 2.85. The van der Waals surface area contributed by atoms with Crippen molar-refractivity contribution >= 4 is 24.0 Å². The highest BCUT2D eigenvalue weighted by Crippen LogP contribution is 2.31. The van der Waals surface area contributed by atoms with Crippen molar-refractivity contribution in [3.05, 3.63) is 23.8 Å². The molecule has 0 bridgehead atoms. The van der Waals surface area contributed by atoms with Crippen molar-refractivity contribution < 1.29 is 50.4 Å². The minimum atomic E-state index is -1.88. The molecule has 1 saturated heterocycles. The SMILES string of the molecule is [2H]C(=O)OCc1ccc(OC2OC(C(=O)O)C(O)C(O)C2O)c(NC(=O)CCNCC)c1. The van der Waals surface area contributed by atoms with E-state index in [1.54, 1.807) is 0 Å². The van der Waals surface area contributed by atoms with Gasteiger partial charge in [0, 0.05) is 13.0 Å². The van der Waals surface area contributed by atoms with Crippen LogP contribution in [0, 0.1) is 0 Å². The first-order valence-electron chi connectivity index (χ1n) is 10.00. The van der Waals surface area contributed by atoms with Crippen LogP contribution in [-0.2, 0) is 30.5 Å². The van der Waals surface area contributed by atoms with E-state index >= 15 is 0 Å². The number of nitrogens with one attached hydrogen (secondary N) is 2. The van der Waals surface area contributed by atoms with Crippen molar-refractivity contribution in [1.82, 2.24) is 5.32 Å². The Bertz CT molecular complexity index is 823. The molecule has 1 fully saturated rings. The van der Waals surface area contributed by atoms with E-state index in [0.717, 1.165) is 0 Å². The summed E-state index contributed by atoms with van der Waals surface area (Å²) in [6.07, 6.45) is -10.2. The molecule has 1 aromatic rings. The summed E-state index contributed by atoms with van der Waals surface area (Å²) < 4.78 is 22.0. The van der Waals surface area contributed by atoms with Crippen molar-refractivity contribution in [3.8, 4) is 5.75 Å².